The quantitative estimate of drug-likeness (QED) is 0.615. The first-order valence-electron chi connectivity index (χ1n) is 8.90. The summed E-state index contributed by atoms with van der Waals surface area (Å²) in [6, 6.07) is 3.20. The molecular weight excluding hydrogens is 429 g/mol. The lowest BCUT2D eigenvalue weighted by Gasteiger charge is -2.33. The minimum atomic E-state index is -5.61. The van der Waals surface area contributed by atoms with Crippen molar-refractivity contribution in [3.05, 3.63) is 23.2 Å². The first kappa shape index (κ1) is 21.4. The smallest absolute Gasteiger partial charge is 0.371 e. The Bertz CT molecular complexity index is 977. The number of nitrogens with zero attached hydrogens (tertiary/aromatic N) is 5. The van der Waals surface area contributed by atoms with E-state index in [2.05, 4.69) is 25.3 Å². The molecule has 0 aliphatic carbocycles. The molecule has 1 aromatic carbocycles. The normalized spacial score (nSPS) is 15.0. The number of hydrogen-bond donors (Lipinski definition) is 1. The van der Waals surface area contributed by atoms with Crippen molar-refractivity contribution in [3.8, 4) is 0 Å². The van der Waals surface area contributed by atoms with Crippen molar-refractivity contribution in [3.63, 3.8) is 0 Å². The molecule has 0 radical (unpaired) electrons. The van der Waals surface area contributed by atoms with Crippen LogP contribution in [0.5, 0.6) is 0 Å². The first-order chi connectivity index (χ1) is 13.7. The number of fused-ring (bicyclic) bond motifs is 1. The van der Waals surface area contributed by atoms with E-state index in [1.54, 1.807) is 10.8 Å². The standard InChI is InChI=1S/C16H19F3N6O2S2/c1-2-3-8-25-9-4-5-11-13(25)7-6-12(21-23-15-22-20-10-28-15)14(11)24-29(26,27)16(17,18)19/h6-7,10,24H,2-5,8-9H2,1H3. The number of anilines is 2. The largest absolute Gasteiger partial charge is 0.516 e. The van der Waals surface area contributed by atoms with Crippen LogP contribution in [0.4, 0.5) is 35.4 Å². The van der Waals surface area contributed by atoms with Crippen LogP contribution in [0.1, 0.15) is 31.7 Å². The lowest BCUT2D eigenvalue weighted by atomic mass is 9.98. The third-order valence-corrected chi connectivity index (χ3v) is 6.03. The average molecular weight is 448 g/mol. The van der Waals surface area contributed by atoms with Crippen molar-refractivity contribution in [2.45, 2.75) is 38.1 Å². The fourth-order valence-electron chi connectivity index (χ4n) is 3.02. The molecular formula is C16H19F3N6O2S2. The van der Waals surface area contributed by atoms with Gasteiger partial charge in [0.1, 0.15) is 11.2 Å². The maximum Gasteiger partial charge on any atom is 0.516 e. The molecule has 1 aliphatic heterocycles. The first-order valence-corrected chi connectivity index (χ1v) is 11.3. The number of rotatable bonds is 7. The van der Waals surface area contributed by atoms with Crippen LogP contribution in [0.3, 0.4) is 0 Å². The third kappa shape index (κ3) is 4.83. The monoisotopic (exact) mass is 448 g/mol. The maximum absolute atomic E-state index is 13.0. The van der Waals surface area contributed by atoms with E-state index in [0.29, 0.717) is 24.1 Å². The summed E-state index contributed by atoms with van der Waals surface area (Å²) in [5, 5.41) is 15.3. The van der Waals surface area contributed by atoms with Crippen LogP contribution >= 0.6 is 11.3 Å². The Kier molecular flexibility index (Phi) is 6.36. The number of benzene rings is 1. The zero-order chi connectivity index (χ0) is 21.1. The van der Waals surface area contributed by atoms with E-state index in [4.69, 9.17) is 0 Å². The Morgan fingerprint density at radius 2 is 2.10 bits per heavy atom. The van der Waals surface area contributed by atoms with Crippen molar-refractivity contribution < 1.29 is 21.6 Å². The topological polar surface area (TPSA) is 99.9 Å². The van der Waals surface area contributed by atoms with Crippen LogP contribution in [0.25, 0.3) is 0 Å². The second-order valence-corrected chi connectivity index (χ2v) is 8.86. The van der Waals surface area contributed by atoms with Crippen molar-refractivity contribution in [1.82, 2.24) is 10.2 Å². The van der Waals surface area contributed by atoms with Crippen LogP contribution in [0.15, 0.2) is 27.9 Å². The lowest BCUT2D eigenvalue weighted by Crippen LogP contribution is -2.33. The van der Waals surface area contributed by atoms with E-state index in [1.807, 2.05) is 6.92 Å². The molecule has 8 nitrogen and oxygen atoms in total. The van der Waals surface area contributed by atoms with Gasteiger partial charge in [-0.2, -0.15) is 21.6 Å². The van der Waals surface area contributed by atoms with Gasteiger partial charge < -0.3 is 4.90 Å². The fourth-order valence-corrected chi connectivity index (χ4v) is 4.00. The summed E-state index contributed by atoms with van der Waals surface area (Å²) in [5.74, 6) is 0. The Hall–Kier alpha value is -2.28. The number of aromatic nitrogens is 2. The van der Waals surface area contributed by atoms with Gasteiger partial charge in [-0.1, -0.05) is 24.7 Å². The van der Waals surface area contributed by atoms with E-state index >= 15 is 0 Å². The molecule has 1 aliphatic rings. The highest BCUT2D eigenvalue weighted by atomic mass is 32.2. The number of nitrogens with one attached hydrogen (secondary N) is 1. The van der Waals surface area contributed by atoms with Gasteiger partial charge in [0.2, 0.25) is 0 Å². The Labute approximate surface area is 169 Å². The van der Waals surface area contributed by atoms with Gasteiger partial charge in [0, 0.05) is 24.3 Å². The highest BCUT2D eigenvalue weighted by Crippen LogP contribution is 2.42. The molecule has 0 fully saturated rings. The van der Waals surface area contributed by atoms with E-state index in [9.17, 15) is 21.6 Å². The molecule has 0 saturated heterocycles. The van der Waals surface area contributed by atoms with Gasteiger partial charge in [-0.3, -0.25) is 4.72 Å². The summed E-state index contributed by atoms with van der Waals surface area (Å²) in [6.45, 7) is 3.54. The molecule has 0 spiro atoms. The predicted octanol–water partition coefficient (Wildman–Crippen LogP) is 4.77. The molecule has 2 heterocycles. The van der Waals surface area contributed by atoms with Gasteiger partial charge in [-0.15, -0.1) is 20.4 Å². The number of unbranched alkanes of at least 4 members (excludes halogenated alkanes) is 1. The van der Waals surface area contributed by atoms with E-state index in [-0.39, 0.29) is 16.5 Å². The molecule has 0 saturated carbocycles. The molecule has 3 rings (SSSR count). The molecule has 13 heteroatoms. The molecule has 158 valence electrons. The zero-order valence-corrected chi connectivity index (χ0v) is 17.1. The van der Waals surface area contributed by atoms with Crippen molar-refractivity contribution in [2.24, 2.45) is 10.2 Å². The SMILES string of the molecule is CCCCN1CCCc2c1ccc(N=Nc1nncs1)c2NS(=O)(=O)C(F)(F)F. The molecule has 1 aromatic heterocycles. The second-order valence-electron chi connectivity index (χ2n) is 6.37. The maximum atomic E-state index is 13.0. The molecule has 0 amide bonds. The minimum absolute atomic E-state index is 0.0101. The second kappa shape index (κ2) is 8.61. The third-order valence-electron chi connectivity index (χ3n) is 4.38. The number of halogens is 3. The summed E-state index contributed by atoms with van der Waals surface area (Å²) < 4.78 is 64.3. The fraction of sp³-hybridized carbons (Fsp3) is 0.500. The van der Waals surface area contributed by atoms with Gasteiger partial charge in [0.25, 0.3) is 5.13 Å². The summed E-state index contributed by atoms with van der Waals surface area (Å²) in [4.78, 5) is 2.05. The Morgan fingerprint density at radius 3 is 2.76 bits per heavy atom. The van der Waals surface area contributed by atoms with Crippen molar-refractivity contribution in [1.29, 1.82) is 0 Å². The number of sulfonamides is 1. The van der Waals surface area contributed by atoms with Crippen LogP contribution in [-0.2, 0) is 16.4 Å². The molecule has 0 bridgehead atoms. The number of alkyl halides is 3. The minimum Gasteiger partial charge on any atom is -0.371 e. The van der Waals surface area contributed by atoms with Crippen LogP contribution in [0.2, 0.25) is 0 Å². The Morgan fingerprint density at radius 1 is 1.31 bits per heavy atom. The van der Waals surface area contributed by atoms with Crippen LogP contribution in [0, 0.1) is 0 Å². The lowest BCUT2D eigenvalue weighted by molar-refractivity contribution is -0.0429. The van der Waals surface area contributed by atoms with E-state index < -0.39 is 15.5 Å². The number of hydrogen-bond acceptors (Lipinski definition) is 8. The van der Waals surface area contributed by atoms with Crippen molar-refractivity contribution in [2.75, 3.05) is 22.7 Å². The van der Waals surface area contributed by atoms with Gasteiger partial charge in [0.15, 0.2) is 0 Å². The highest BCUT2D eigenvalue weighted by Gasteiger charge is 2.46. The molecule has 1 N–H and O–H groups in total. The summed E-state index contributed by atoms with van der Waals surface area (Å²) in [6.07, 6.45) is 3.00. The average Bonchev–Trinajstić information content (AvgIpc) is 3.18. The molecule has 0 atom stereocenters. The summed E-state index contributed by atoms with van der Waals surface area (Å²) in [5.41, 5.74) is -3.04. The van der Waals surface area contributed by atoms with Gasteiger partial charge >= 0.3 is 15.5 Å². The van der Waals surface area contributed by atoms with Gasteiger partial charge in [0.05, 0.1) is 5.69 Å². The van der Waals surface area contributed by atoms with E-state index in [1.165, 1.54) is 11.6 Å². The highest BCUT2D eigenvalue weighted by molar-refractivity contribution is 7.93. The van der Waals surface area contributed by atoms with Crippen molar-refractivity contribution >= 4 is 43.6 Å². The zero-order valence-electron chi connectivity index (χ0n) is 15.5. The molecule has 2 aromatic rings. The molecule has 29 heavy (non-hydrogen) atoms. The van der Waals surface area contributed by atoms with E-state index in [0.717, 1.165) is 37.3 Å². The van der Waals surface area contributed by atoms with Crippen LogP contribution in [-0.4, -0.2) is 37.2 Å². The summed E-state index contributed by atoms with van der Waals surface area (Å²) >= 11 is 1.09. The van der Waals surface area contributed by atoms with Gasteiger partial charge in [-0.05, 0) is 31.4 Å². The summed E-state index contributed by atoms with van der Waals surface area (Å²) in [7, 11) is -5.61. The molecule has 0 unspecified atom stereocenters. The number of azo groups is 1. The predicted molar refractivity (Wildman–Crippen MR) is 105 cm³/mol. The Balaban J connectivity index is 2.07. The van der Waals surface area contributed by atoms with Gasteiger partial charge in [-0.25, -0.2) is 0 Å². The van der Waals surface area contributed by atoms with Crippen LogP contribution < -0.4 is 9.62 Å².